The average Bonchev–Trinajstić information content (AvgIpc) is 2.41. The van der Waals surface area contributed by atoms with Crippen LogP contribution in [0, 0.1) is 0 Å². The van der Waals surface area contributed by atoms with Crippen LogP contribution < -0.4 is 5.43 Å². The second kappa shape index (κ2) is 6.08. The highest BCUT2D eigenvalue weighted by atomic mass is 16.2. The van der Waals surface area contributed by atoms with Crippen LogP contribution in [0.3, 0.4) is 0 Å². The number of carbonyl (C=O) groups excluding carboxylic acids is 1. The summed E-state index contributed by atoms with van der Waals surface area (Å²) in [7, 11) is 0. The number of carbonyl (C=O) groups is 1. The minimum atomic E-state index is -0.126. The molecule has 5 nitrogen and oxygen atoms in total. The van der Waals surface area contributed by atoms with E-state index in [0.29, 0.717) is 10.9 Å². The van der Waals surface area contributed by atoms with Gasteiger partial charge < -0.3 is 4.90 Å². The van der Waals surface area contributed by atoms with Gasteiger partial charge in [-0.3, -0.25) is 14.3 Å². The van der Waals surface area contributed by atoms with Crippen LogP contribution in [0.2, 0.25) is 0 Å². The standard InChI is InChI=1S/C16H21N3O2/c1-11(2)19(12(3)4)16(21)10-18-14-8-6-5-7-13(14)15(20)9-17-18/h5-9,11-12H,10H2,1-4H3. The summed E-state index contributed by atoms with van der Waals surface area (Å²) in [6.07, 6.45) is 1.27. The third kappa shape index (κ3) is 3.12. The summed E-state index contributed by atoms with van der Waals surface area (Å²) in [5.74, 6) is 0.00121. The van der Waals surface area contributed by atoms with Gasteiger partial charge in [-0.2, -0.15) is 5.10 Å². The predicted octanol–water partition coefficient (Wildman–Crippen LogP) is 2.04. The molecule has 1 aromatic heterocycles. The largest absolute Gasteiger partial charge is 0.336 e. The van der Waals surface area contributed by atoms with Crippen LogP contribution in [0.4, 0.5) is 0 Å². The van der Waals surface area contributed by atoms with Gasteiger partial charge in [-0.25, -0.2) is 0 Å². The molecule has 1 heterocycles. The van der Waals surface area contributed by atoms with Crippen molar-refractivity contribution >= 4 is 16.8 Å². The number of fused-ring (bicyclic) bond motifs is 1. The fourth-order valence-electron chi connectivity index (χ4n) is 2.67. The van der Waals surface area contributed by atoms with Gasteiger partial charge in [0.2, 0.25) is 11.3 Å². The summed E-state index contributed by atoms with van der Waals surface area (Å²) in [6.45, 7) is 8.12. The van der Waals surface area contributed by atoms with Crippen molar-refractivity contribution in [3.05, 3.63) is 40.7 Å². The lowest BCUT2D eigenvalue weighted by Crippen LogP contribution is -2.44. The molecule has 21 heavy (non-hydrogen) atoms. The van der Waals surface area contributed by atoms with Crippen LogP contribution in [0.25, 0.3) is 10.9 Å². The Kier molecular flexibility index (Phi) is 4.40. The highest BCUT2D eigenvalue weighted by molar-refractivity contribution is 5.81. The Morgan fingerprint density at radius 1 is 1.19 bits per heavy atom. The van der Waals surface area contributed by atoms with Crippen LogP contribution in [-0.4, -0.2) is 32.7 Å². The Bertz CT molecular complexity index is 696. The van der Waals surface area contributed by atoms with Crippen LogP contribution in [0.1, 0.15) is 27.7 Å². The first-order valence-electron chi connectivity index (χ1n) is 7.18. The smallest absolute Gasteiger partial charge is 0.244 e. The molecule has 0 fully saturated rings. The zero-order valence-corrected chi connectivity index (χ0v) is 12.9. The number of aromatic nitrogens is 2. The molecule has 0 unspecified atom stereocenters. The van der Waals surface area contributed by atoms with Crippen molar-refractivity contribution in [1.29, 1.82) is 0 Å². The minimum Gasteiger partial charge on any atom is -0.336 e. The van der Waals surface area contributed by atoms with E-state index in [9.17, 15) is 9.59 Å². The molecular formula is C16H21N3O2. The predicted molar refractivity (Wildman–Crippen MR) is 83.1 cm³/mol. The molecule has 0 saturated heterocycles. The highest BCUT2D eigenvalue weighted by Crippen LogP contribution is 2.11. The van der Waals surface area contributed by atoms with Crippen molar-refractivity contribution in [2.24, 2.45) is 0 Å². The van der Waals surface area contributed by atoms with Crippen molar-refractivity contribution in [1.82, 2.24) is 14.7 Å². The molecule has 0 bridgehead atoms. The molecule has 0 aliphatic rings. The van der Waals surface area contributed by atoms with Crippen LogP contribution >= 0.6 is 0 Å². The van der Waals surface area contributed by atoms with Crippen LogP contribution in [0.15, 0.2) is 35.3 Å². The van der Waals surface area contributed by atoms with E-state index in [1.54, 1.807) is 10.7 Å². The van der Waals surface area contributed by atoms with Crippen LogP contribution in [0.5, 0.6) is 0 Å². The fourth-order valence-corrected chi connectivity index (χ4v) is 2.67. The zero-order valence-electron chi connectivity index (χ0n) is 12.9. The van der Waals surface area contributed by atoms with Gasteiger partial charge in [-0.1, -0.05) is 12.1 Å². The van der Waals surface area contributed by atoms with Crippen LogP contribution in [-0.2, 0) is 11.3 Å². The van der Waals surface area contributed by atoms with E-state index < -0.39 is 0 Å². The van der Waals surface area contributed by atoms with Crippen molar-refractivity contribution in [2.75, 3.05) is 0 Å². The van der Waals surface area contributed by atoms with Crippen molar-refractivity contribution in [3.8, 4) is 0 Å². The number of nitrogens with zero attached hydrogens (tertiary/aromatic N) is 3. The van der Waals surface area contributed by atoms with Crippen molar-refractivity contribution in [2.45, 2.75) is 46.3 Å². The van der Waals surface area contributed by atoms with Gasteiger partial charge in [0.05, 0.1) is 11.7 Å². The monoisotopic (exact) mass is 287 g/mol. The molecule has 0 aliphatic carbocycles. The molecule has 1 amide bonds. The summed E-state index contributed by atoms with van der Waals surface area (Å²) < 4.78 is 1.59. The average molecular weight is 287 g/mol. The lowest BCUT2D eigenvalue weighted by atomic mass is 10.2. The molecule has 2 rings (SSSR count). The normalized spacial score (nSPS) is 11.3. The molecule has 0 spiro atoms. The van der Waals surface area contributed by atoms with E-state index in [4.69, 9.17) is 0 Å². The second-order valence-corrected chi connectivity index (χ2v) is 5.67. The maximum Gasteiger partial charge on any atom is 0.244 e. The number of hydrogen-bond donors (Lipinski definition) is 0. The first-order valence-corrected chi connectivity index (χ1v) is 7.18. The zero-order chi connectivity index (χ0) is 15.6. The molecule has 0 aliphatic heterocycles. The van der Waals surface area contributed by atoms with Gasteiger partial charge >= 0.3 is 0 Å². The number of para-hydroxylation sites is 1. The maximum absolute atomic E-state index is 12.5. The molecule has 1 aromatic carbocycles. The second-order valence-electron chi connectivity index (χ2n) is 5.67. The molecule has 0 saturated carbocycles. The van der Waals surface area contributed by atoms with E-state index in [1.807, 2.05) is 50.8 Å². The SMILES string of the molecule is CC(C)N(C(=O)Cn1ncc(=O)c2ccccc21)C(C)C. The third-order valence-electron chi connectivity index (χ3n) is 3.45. The van der Waals surface area contributed by atoms with E-state index in [0.717, 1.165) is 0 Å². The van der Waals surface area contributed by atoms with Gasteiger partial charge in [0.1, 0.15) is 6.54 Å². The van der Waals surface area contributed by atoms with Gasteiger partial charge in [0, 0.05) is 17.5 Å². The number of amides is 1. The summed E-state index contributed by atoms with van der Waals surface area (Å²) >= 11 is 0. The third-order valence-corrected chi connectivity index (χ3v) is 3.45. The molecular weight excluding hydrogens is 266 g/mol. The maximum atomic E-state index is 12.5. The fraction of sp³-hybridized carbons (Fsp3) is 0.438. The van der Waals surface area contributed by atoms with E-state index in [1.165, 1.54) is 6.20 Å². The first kappa shape index (κ1) is 15.2. The quantitative estimate of drug-likeness (QED) is 0.864. The van der Waals surface area contributed by atoms with Crippen molar-refractivity contribution < 1.29 is 4.79 Å². The summed E-state index contributed by atoms with van der Waals surface area (Å²) in [6, 6.07) is 7.47. The molecule has 5 heteroatoms. The number of rotatable bonds is 4. The van der Waals surface area contributed by atoms with E-state index >= 15 is 0 Å². The van der Waals surface area contributed by atoms with Gasteiger partial charge in [0.15, 0.2) is 0 Å². The Morgan fingerprint density at radius 3 is 2.43 bits per heavy atom. The Hall–Kier alpha value is -2.17. The Balaban J connectivity index is 2.38. The lowest BCUT2D eigenvalue weighted by Gasteiger charge is -2.31. The van der Waals surface area contributed by atoms with Gasteiger partial charge in [-0.15, -0.1) is 0 Å². The minimum absolute atomic E-state index is 0.00121. The van der Waals surface area contributed by atoms with Crippen molar-refractivity contribution in [3.63, 3.8) is 0 Å². The molecule has 2 aromatic rings. The molecule has 0 radical (unpaired) electrons. The molecule has 0 N–H and O–H groups in total. The Morgan fingerprint density at radius 2 is 1.81 bits per heavy atom. The summed E-state index contributed by atoms with van der Waals surface area (Å²) in [5.41, 5.74) is 0.560. The van der Waals surface area contributed by atoms with Gasteiger partial charge in [-0.05, 0) is 39.8 Å². The summed E-state index contributed by atoms with van der Waals surface area (Å²) in [5, 5.41) is 4.69. The number of hydrogen-bond acceptors (Lipinski definition) is 3. The molecule has 112 valence electrons. The molecule has 0 atom stereocenters. The lowest BCUT2D eigenvalue weighted by molar-refractivity contribution is -0.135. The Labute approximate surface area is 124 Å². The number of benzene rings is 1. The first-order chi connectivity index (χ1) is 9.91. The van der Waals surface area contributed by atoms with Gasteiger partial charge in [0.25, 0.3) is 0 Å². The summed E-state index contributed by atoms with van der Waals surface area (Å²) in [4.78, 5) is 26.1. The highest BCUT2D eigenvalue weighted by Gasteiger charge is 2.20. The topological polar surface area (TPSA) is 55.2 Å². The van der Waals surface area contributed by atoms with E-state index in [2.05, 4.69) is 5.10 Å². The van der Waals surface area contributed by atoms with E-state index in [-0.39, 0.29) is 30.0 Å².